The van der Waals surface area contributed by atoms with Crippen LogP contribution in [0.1, 0.15) is 74.5 Å². The normalized spacial score (nSPS) is 27.1. The van der Waals surface area contributed by atoms with E-state index in [0.29, 0.717) is 11.3 Å². The number of benzene rings is 3. The first-order valence-electron chi connectivity index (χ1n) is 13.2. The average Bonchev–Trinajstić information content (AvgIpc) is 3.32. The van der Waals surface area contributed by atoms with E-state index in [9.17, 15) is 0 Å². The van der Waals surface area contributed by atoms with E-state index in [0.717, 1.165) is 11.6 Å². The predicted molar refractivity (Wildman–Crippen MR) is 151 cm³/mol. The standard InChI is InChI=1S/C31H39NP2/c1-4-5-22-32(33-25(3)24(2)23-28-18-12-13-19-29(28)33)34-30(26-14-8-6-9-15-26)20-21-31(34)27-16-10-7-11-17-27/h6-19,24-25,30-31H,4-5,20-23H2,1-3H3/t24?,25-,30-,31-,33?/m0/s1. The summed E-state index contributed by atoms with van der Waals surface area (Å²) in [4.78, 5) is 0. The largest absolute Gasteiger partial charge is 0.255 e. The highest BCUT2D eigenvalue weighted by Gasteiger charge is 2.46. The van der Waals surface area contributed by atoms with Crippen molar-refractivity contribution in [2.45, 2.75) is 69.9 Å². The quantitative estimate of drug-likeness (QED) is 0.301. The van der Waals surface area contributed by atoms with Crippen molar-refractivity contribution in [3.8, 4) is 0 Å². The molecule has 0 aliphatic carbocycles. The lowest BCUT2D eigenvalue weighted by Crippen LogP contribution is -2.36. The summed E-state index contributed by atoms with van der Waals surface area (Å²) in [6, 6.07) is 32.4. The van der Waals surface area contributed by atoms with Gasteiger partial charge in [0.1, 0.15) is 0 Å². The molecule has 0 radical (unpaired) electrons. The fourth-order valence-electron chi connectivity index (χ4n) is 5.96. The molecule has 3 aromatic carbocycles. The van der Waals surface area contributed by atoms with Crippen LogP contribution in [-0.2, 0) is 6.42 Å². The van der Waals surface area contributed by atoms with E-state index >= 15 is 0 Å². The predicted octanol–water partition coefficient (Wildman–Crippen LogP) is 9.06. The van der Waals surface area contributed by atoms with Crippen molar-refractivity contribution in [2.24, 2.45) is 5.92 Å². The zero-order chi connectivity index (χ0) is 23.5. The molecule has 3 aromatic rings. The Morgan fingerprint density at radius 3 is 1.91 bits per heavy atom. The Bertz CT molecular complexity index is 1010. The lowest BCUT2D eigenvalue weighted by molar-refractivity contribution is 0.539. The first kappa shape index (κ1) is 24.2. The summed E-state index contributed by atoms with van der Waals surface area (Å²) in [6.07, 6.45) is 6.42. The highest BCUT2D eigenvalue weighted by atomic mass is 31.2. The molecule has 0 N–H and O–H groups in total. The maximum absolute atomic E-state index is 3.12. The summed E-state index contributed by atoms with van der Waals surface area (Å²) in [6.45, 7) is 8.66. The topological polar surface area (TPSA) is 3.24 Å². The van der Waals surface area contributed by atoms with Crippen molar-refractivity contribution in [3.63, 3.8) is 0 Å². The van der Waals surface area contributed by atoms with E-state index in [1.165, 1.54) is 38.6 Å². The molecular formula is C31H39NP2. The first-order chi connectivity index (χ1) is 16.7. The van der Waals surface area contributed by atoms with Gasteiger partial charge in [-0.3, -0.25) is 4.44 Å². The van der Waals surface area contributed by atoms with Crippen LogP contribution in [0.15, 0.2) is 84.9 Å². The SMILES string of the molecule is CCCCN(P1c2ccccc2CC(C)[C@@H]1C)P1[C@H](c2ccccc2)CC[C@H]1c1ccccc1. The molecule has 1 nitrogen and oxygen atoms in total. The second-order valence-corrected chi connectivity index (χ2v) is 15.4. The third-order valence-corrected chi connectivity index (χ3v) is 15.2. The Morgan fingerprint density at radius 2 is 1.32 bits per heavy atom. The molecular weight excluding hydrogens is 448 g/mol. The number of fused-ring (bicyclic) bond motifs is 1. The lowest BCUT2D eigenvalue weighted by Gasteiger charge is -2.48. The molecule has 2 aliphatic rings. The molecule has 178 valence electrons. The number of nitrogens with zero attached hydrogens (tertiary/aromatic N) is 1. The smallest absolute Gasteiger partial charge is 0.0183 e. The van der Waals surface area contributed by atoms with Crippen LogP contribution in [-0.4, -0.2) is 16.6 Å². The average molecular weight is 488 g/mol. The van der Waals surface area contributed by atoms with Crippen molar-refractivity contribution in [1.82, 2.24) is 4.44 Å². The van der Waals surface area contributed by atoms with Crippen LogP contribution < -0.4 is 5.30 Å². The van der Waals surface area contributed by atoms with Crippen LogP contribution in [0.5, 0.6) is 0 Å². The first-order valence-corrected chi connectivity index (χ1v) is 16.0. The van der Waals surface area contributed by atoms with Gasteiger partial charge in [-0.2, -0.15) is 0 Å². The third kappa shape index (κ3) is 4.78. The van der Waals surface area contributed by atoms with Crippen molar-refractivity contribution >= 4 is 21.4 Å². The summed E-state index contributed by atoms with van der Waals surface area (Å²) >= 11 is 0. The summed E-state index contributed by atoms with van der Waals surface area (Å²) in [5.74, 6) is 0.744. The van der Waals surface area contributed by atoms with E-state index in [4.69, 9.17) is 0 Å². The summed E-state index contributed by atoms with van der Waals surface area (Å²) in [5.41, 5.74) is 6.80. The molecule has 0 spiro atoms. The Labute approximate surface area is 209 Å². The van der Waals surface area contributed by atoms with Crippen molar-refractivity contribution in [1.29, 1.82) is 0 Å². The minimum absolute atomic E-state index is 0.330. The van der Waals surface area contributed by atoms with Gasteiger partial charge in [-0.25, -0.2) is 0 Å². The molecule has 2 aliphatic heterocycles. The van der Waals surface area contributed by atoms with E-state index < -0.39 is 0 Å². The minimum atomic E-state index is -0.346. The zero-order valence-electron chi connectivity index (χ0n) is 21.0. The molecule has 0 aromatic heterocycles. The fourth-order valence-corrected chi connectivity index (χ4v) is 14.4. The van der Waals surface area contributed by atoms with Gasteiger partial charge in [0.25, 0.3) is 0 Å². The summed E-state index contributed by atoms with van der Waals surface area (Å²) in [7, 11) is -0.676. The van der Waals surface area contributed by atoms with Crippen molar-refractivity contribution in [2.75, 3.05) is 6.54 Å². The Morgan fingerprint density at radius 1 is 0.765 bits per heavy atom. The fraction of sp³-hybridized carbons (Fsp3) is 0.419. The van der Waals surface area contributed by atoms with Gasteiger partial charge in [0.05, 0.1) is 0 Å². The minimum Gasteiger partial charge on any atom is -0.255 e. The van der Waals surface area contributed by atoms with Gasteiger partial charge in [0.2, 0.25) is 0 Å². The second kappa shape index (κ2) is 11.0. The molecule has 0 saturated carbocycles. The monoisotopic (exact) mass is 487 g/mol. The third-order valence-electron chi connectivity index (χ3n) is 7.94. The van der Waals surface area contributed by atoms with Gasteiger partial charge in [-0.15, -0.1) is 0 Å². The Balaban J connectivity index is 1.63. The van der Waals surface area contributed by atoms with Crippen LogP contribution >= 0.6 is 16.1 Å². The lowest BCUT2D eigenvalue weighted by atomic mass is 9.98. The van der Waals surface area contributed by atoms with Crippen LogP contribution in [0, 0.1) is 5.92 Å². The maximum Gasteiger partial charge on any atom is 0.0183 e. The molecule has 0 bridgehead atoms. The Kier molecular flexibility index (Phi) is 7.85. The van der Waals surface area contributed by atoms with E-state index in [2.05, 4.69) is 110 Å². The number of rotatable bonds is 7. The van der Waals surface area contributed by atoms with Gasteiger partial charge in [-0.1, -0.05) is 112 Å². The highest BCUT2D eigenvalue weighted by Crippen LogP contribution is 2.77. The molecule has 34 heavy (non-hydrogen) atoms. The highest BCUT2D eigenvalue weighted by molar-refractivity contribution is 7.75. The molecule has 0 amide bonds. The van der Waals surface area contributed by atoms with Crippen molar-refractivity contribution in [3.05, 3.63) is 102 Å². The number of hydrogen-bond donors (Lipinski definition) is 0. The molecule has 1 fully saturated rings. The van der Waals surface area contributed by atoms with Crippen LogP contribution in [0.25, 0.3) is 0 Å². The van der Waals surface area contributed by atoms with Crippen LogP contribution in [0.4, 0.5) is 0 Å². The molecule has 2 heterocycles. The molecule has 5 atom stereocenters. The molecule has 5 rings (SSSR count). The summed E-state index contributed by atoms with van der Waals surface area (Å²) < 4.78 is 3.12. The summed E-state index contributed by atoms with van der Waals surface area (Å²) in [5, 5.41) is 1.67. The van der Waals surface area contributed by atoms with Gasteiger partial charge in [-0.05, 0) is 67.3 Å². The number of hydrogen-bond acceptors (Lipinski definition) is 1. The van der Waals surface area contributed by atoms with Gasteiger partial charge < -0.3 is 0 Å². The molecule has 1 saturated heterocycles. The van der Waals surface area contributed by atoms with E-state index in [-0.39, 0.29) is 16.1 Å². The van der Waals surface area contributed by atoms with Crippen molar-refractivity contribution < 1.29 is 0 Å². The second-order valence-electron chi connectivity index (χ2n) is 10.2. The van der Waals surface area contributed by atoms with E-state index in [1.807, 2.05) is 0 Å². The zero-order valence-corrected chi connectivity index (χ0v) is 22.8. The molecule has 2 unspecified atom stereocenters. The van der Waals surface area contributed by atoms with Gasteiger partial charge >= 0.3 is 0 Å². The Hall–Kier alpha value is -1.52. The maximum atomic E-state index is 3.12. The van der Waals surface area contributed by atoms with Crippen LogP contribution in [0.3, 0.4) is 0 Å². The molecule has 3 heteroatoms. The van der Waals surface area contributed by atoms with E-state index in [1.54, 1.807) is 22.0 Å². The van der Waals surface area contributed by atoms with Crippen LogP contribution in [0.2, 0.25) is 0 Å². The number of unbranched alkanes of at least 4 members (excludes halogenated alkanes) is 1. The van der Waals surface area contributed by atoms with Gasteiger partial charge in [0.15, 0.2) is 0 Å². The van der Waals surface area contributed by atoms with Gasteiger partial charge in [0, 0.05) is 25.9 Å².